The maximum Gasteiger partial charge on any atom is 0.0715 e. The Labute approximate surface area is 163 Å². The Morgan fingerprint density at radius 1 is 0.926 bits per heavy atom. The van der Waals surface area contributed by atoms with Crippen LogP contribution in [0.4, 0.5) is 0 Å². The smallest absolute Gasteiger partial charge is 0.0715 e. The van der Waals surface area contributed by atoms with Crippen LogP contribution in [0.3, 0.4) is 0 Å². The number of aromatic nitrogens is 1. The number of benzene rings is 2. The van der Waals surface area contributed by atoms with Gasteiger partial charge >= 0.3 is 0 Å². The van der Waals surface area contributed by atoms with Crippen LogP contribution in [0.1, 0.15) is 67.7 Å². The number of aryl methyl sites for hydroxylation is 2. The second-order valence-corrected chi connectivity index (χ2v) is 9.31. The van der Waals surface area contributed by atoms with Gasteiger partial charge in [0.25, 0.3) is 0 Å². The molecule has 4 rings (SSSR count). The fourth-order valence-electron chi connectivity index (χ4n) is 4.69. The fourth-order valence-corrected chi connectivity index (χ4v) is 4.69. The molecule has 0 radical (unpaired) electrons. The lowest BCUT2D eigenvalue weighted by Crippen LogP contribution is -2.20. The molecule has 1 saturated carbocycles. The molecule has 1 aliphatic rings. The van der Waals surface area contributed by atoms with Crippen molar-refractivity contribution in [2.24, 2.45) is 5.41 Å². The number of fused-ring (bicyclic) bond motifs is 1. The first kappa shape index (κ1) is 18.2. The number of hydrogen-bond donors (Lipinski definition) is 0. The van der Waals surface area contributed by atoms with E-state index in [1.54, 1.807) is 0 Å². The zero-order chi connectivity index (χ0) is 19.2. The molecule has 1 nitrogen and oxygen atoms in total. The zero-order valence-electron chi connectivity index (χ0n) is 17.4. The number of para-hydroxylation sites is 1. The first-order chi connectivity index (χ1) is 12.8. The van der Waals surface area contributed by atoms with Crippen LogP contribution in [0.25, 0.3) is 22.2 Å². The minimum absolute atomic E-state index is 0.492. The van der Waals surface area contributed by atoms with Crippen LogP contribution in [-0.4, -0.2) is 4.98 Å². The number of nitrogens with zero attached hydrogens (tertiary/aromatic N) is 1. The molecule has 0 amide bonds. The van der Waals surface area contributed by atoms with E-state index in [4.69, 9.17) is 4.98 Å². The van der Waals surface area contributed by atoms with E-state index in [0.717, 1.165) is 11.2 Å². The topological polar surface area (TPSA) is 12.9 Å². The number of hydrogen-bond acceptors (Lipinski definition) is 1. The predicted molar refractivity (Wildman–Crippen MR) is 116 cm³/mol. The average Bonchev–Trinajstić information content (AvgIpc) is 2.64. The molecular weight excluding hydrogens is 326 g/mol. The van der Waals surface area contributed by atoms with Gasteiger partial charge in [-0.15, -0.1) is 0 Å². The Kier molecular flexibility index (Phi) is 4.58. The van der Waals surface area contributed by atoms with E-state index in [9.17, 15) is 0 Å². The summed E-state index contributed by atoms with van der Waals surface area (Å²) in [5, 5.41) is 1.34. The standard InChI is InChI=1S/C26H31N/c1-17-14-18(2)19(3)22(15-17)25-16-23(20-10-12-26(4,5)13-11-20)21-8-6-7-9-24(21)27-25/h6-9,14-16,20H,10-13H2,1-5H3. The highest BCUT2D eigenvalue weighted by Gasteiger charge is 2.29. The summed E-state index contributed by atoms with van der Waals surface area (Å²) in [5.74, 6) is 0.649. The Bertz CT molecular complexity index is 987. The van der Waals surface area contributed by atoms with Gasteiger partial charge in [0.05, 0.1) is 11.2 Å². The normalized spacial score (nSPS) is 17.4. The first-order valence-electron chi connectivity index (χ1n) is 10.3. The van der Waals surface area contributed by atoms with E-state index in [1.165, 1.54) is 58.9 Å². The van der Waals surface area contributed by atoms with Gasteiger partial charge in [-0.1, -0.05) is 43.7 Å². The molecule has 1 heteroatoms. The average molecular weight is 358 g/mol. The second kappa shape index (κ2) is 6.78. The largest absolute Gasteiger partial charge is 0.248 e. The molecule has 0 saturated heterocycles. The van der Waals surface area contributed by atoms with E-state index in [0.29, 0.717) is 11.3 Å². The van der Waals surface area contributed by atoms with E-state index >= 15 is 0 Å². The summed E-state index contributed by atoms with van der Waals surface area (Å²) in [5.41, 5.74) is 9.56. The van der Waals surface area contributed by atoms with Crippen LogP contribution in [0.15, 0.2) is 42.5 Å². The van der Waals surface area contributed by atoms with Crippen LogP contribution >= 0.6 is 0 Å². The highest BCUT2D eigenvalue weighted by molar-refractivity contribution is 5.86. The van der Waals surface area contributed by atoms with Crippen LogP contribution in [0.5, 0.6) is 0 Å². The van der Waals surface area contributed by atoms with Crippen molar-refractivity contribution < 1.29 is 0 Å². The summed E-state index contributed by atoms with van der Waals surface area (Å²) in [7, 11) is 0. The van der Waals surface area contributed by atoms with Gasteiger partial charge in [0.1, 0.15) is 0 Å². The van der Waals surface area contributed by atoms with E-state index in [-0.39, 0.29) is 0 Å². The molecule has 1 heterocycles. The lowest BCUT2D eigenvalue weighted by molar-refractivity contribution is 0.225. The molecular formula is C26H31N. The lowest BCUT2D eigenvalue weighted by Gasteiger charge is -2.35. The summed E-state index contributed by atoms with van der Waals surface area (Å²) < 4.78 is 0. The van der Waals surface area contributed by atoms with Crippen molar-refractivity contribution in [1.29, 1.82) is 0 Å². The molecule has 0 aliphatic heterocycles. The van der Waals surface area contributed by atoms with E-state index in [2.05, 4.69) is 77.1 Å². The van der Waals surface area contributed by atoms with Gasteiger partial charge in [-0.3, -0.25) is 0 Å². The molecule has 1 aromatic heterocycles. The van der Waals surface area contributed by atoms with Gasteiger partial charge < -0.3 is 0 Å². The Hall–Kier alpha value is -2.15. The van der Waals surface area contributed by atoms with Crippen molar-refractivity contribution in [3.05, 3.63) is 64.7 Å². The first-order valence-corrected chi connectivity index (χ1v) is 10.3. The molecule has 0 bridgehead atoms. The minimum atomic E-state index is 0.492. The molecule has 140 valence electrons. The Morgan fingerprint density at radius 3 is 2.37 bits per heavy atom. The predicted octanol–water partition coefficient (Wildman–Crippen LogP) is 7.51. The molecule has 3 aromatic rings. The van der Waals surface area contributed by atoms with Crippen LogP contribution < -0.4 is 0 Å². The summed E-state index contributed by atoms with van der Waals surface area (Å²) in [6.45, 7) is 11.4. The summed E-state index contributed by atoms with van der Waals surface area (Å²) in [6.07, 6.45) is 5.19. The SMILES string of the molecule is Cc1cc(C)c(C)c(-c2cc(C3CCC(C)(C)CC3)c3ccccc3n2)c1. The van der Waals surface area contributed by atoms with Crippen molar-refractivity contribution >= 4 is 10.9 Å². The third-order valence-electron chi connectivity index (χ3n) is 6.61. The van der Waals surface area contributed by atoms with Crippen LogP contribution in [0, 0.1) is 26.2 Å². The van der Waals surface area contributed by atoms with Gasteiger partial charge in [-0.2, -0.15) is 0 Å². The highest BCUT2D eigenvalue weighted by atomic mass is 14.7. The Morgan fingerprint density at radius 2 is 1.63 bits per heavy atom. The van der Waals surface area contributed by atoms with Crippen molar-refractivity contribution in [3.63, 3.8) is 0 Å². The molecule has 27 heavy (non-hydrogen) atoms. The third kappa shape index (κ3) is 3.52. The second-order valence-electron chi connectivity index (χ2n) is 9.31. The van der Waals surface area contributed by atoms with E-state index in [1.807, 2.05) is 0 Å². The maximum absolute atomic E-state index is 5.07. The molecule has 1 fully saturated rings. The highest BCUT2D eigenvalue weighted by Crippen LogP contribution is 2.44. The van der Waals surface area contributed by atoms with Gasteiger partial charge in [0, 0.05) is 10.9 Å². The third-order valence-corrected chi connectivity index (χ3v) is 6.61. The molecule has 1 aliphatic carbocycles. The van der Waals surface area contributed by atoms with Crippen LogP contribution in [0.2, 0.25) is 0 Å². The van der Waals surface area contributed by atoms with Gasteiger partial charge in [-0.25, -0.2) is 4.98 Å². The molecule has 0 N–H and O–H groups in total. The minimum Gasteiger partial charge on any atom is -0.248 e. The molecule has 2 aromatic carbocycles. The number of pyridine rings is 1. The lowest BCUT2D eigenvalue weighted by atomic mass is 9.71. The number of rotatable bonds is 2. The fraction of sp³-hybridized carbons (Fsp3) is 0.423. The maximum atomic E-state index is 5.07. The van der Waals surface area contributed by atoms with Gasteiger partial charge in [0.2, 0.25) is 0 Å². The quantitative estimate of drug-likeness (QED) is 0.462. The molecule has 0 spiro atoms. The Balaban J connectivity index is 1.87. The summed E-state index contributed by atoms with van der Waals surface area (Å²) in [4.78, 5) is 5.07. The summed E-state index contributed by atoms with van der Waals surface area (Å²) >= 11 is 0. The molecule has 0 atom stereocenters. The zero-order valence-corrected chi connectivity index (χ0v) is 17.4. The van der Waals surface area contributed by atoms with Crippen LogP contribution in [-0.2, 0) is 0 Å². The van der Waals surface area contributed by atoms with Crippen molar-refractivity contribution in [2.75, 3.05) is 0 Å². The van der Waals surface area contributed by atoms with Crippen molar-refractivity contribution in [2.45, 2.75) is 66.2 Å². The monoisotopic (exact) mass is 357 g/mol. The van der Waals surface area contributed by atoms with Crippen molar-refractivity contribution in [1.82, 2.24) is 4.98 Å². The van der Waals surface area contributed by atoms with Crippen molar-refractivity contribution in [3.8, 4) is 11.3 Å². The van der Waals surface area contributed by atoms with Gasteiger partial charge in [-0.05, 0) is 92.7 Å². The van der Waals surface area contributed by atoms with Gasteiger partial charge in [0.15, 0.2) is 0 Å². The van der Waals surface area contributed by atoms with E-state index < -0.39 is 0 Å². The molecule has 0 unspecified atom stereocenters. The summed E-state index contributed by atoms with van der Waals surface area (Å²) in [6, 6.07) is 15.7.